The number of pyridine rings is 1. The van der Waals surface area contributed by atoms with Crippen molar-refractivity contribution in [3.05, 3.63) is 71.2 Å². The molecule has 144 valence electrons. The van der Waals surface area contributed by atoms with E-state index >= 15 is 0 Å². The zero-order valence-electron chi connectivity index (χ0n) is 15.3. The summed E-state index contributed by atoms with van der Waals surface area (Å²) in [5, 5.41) is 8.88. The minimum Gasteiger partial charge on any atom is -0.478 e. The lowest BCUT2D eigenvalue weighted by molar-refractivity contribution is 0.0954. The van der Waals surface area contributed by atoms with Crippen LogP contribution in [-0.2, 0) is 6.54 Å². The topological polar surface area (TPSA) is 92.3 Å². The standard InChI is InChI=1S/C20H20N4O3S/c1-2-27-19-14(7-6-12-21-19)13-22-18(25)16-10-11-17(28-16)24-20(26)23-15-8-4-3-5-9-15/h3-12H,2,13H2,1H3,(H,22,25)(H2,23,24,26). The number of hydrogen-bond donors (Lipinski definition) is 3. The maximum Gasteiger partial charge on any atom is 0.324 e. The summed E-state index contributed by atoms with van der Waals surface area (Å²) in [5.74, 6) is 0.282. The average Bonchev–Trinajstić information content (AvgIpc) is 3.16. The normalized spacial score (nSPS) is 10.2. The molecule has 0 saturated heterocycles. The van der Waals surface area contributed by atoms with Crippen LogP contribution < -0.4 is 20.7 Å². The SMILES string of the molecule is CCOc1ncccc1CNC(=O)c1ccc(NC(=O)Nc2ccccc2)s1. The molecule has 28 heavy (non-hydrogen) atoms. The Morgan fingerprint density at radius 1 is 1.04 bits per heavy atom. The third-order valence-electron chi connectivity index (χ3n) is 3.67. The van der Waals surface area contributed by atoms with Gasteiger partial charge < -0.3 is 15.4 Å². The summed E-state index contributed by atoms with van der Waals surface area (Å²) >= 11 is 1.20. The van der Waals surface area contributed by atoms with E-state index in [1.165, 1.54) is 11.3 Å². The van der Waals surface area contributed by atoms with Crippen molar-refractivity contribution in [1.29, 1.82) is 0 Å². The van der Waals surface area contributed by atoms with E-state index in [1.54, 1.807) is 36.5 Å². The summed E-state index contributed by atoms with van der Waals surface area (Å²) in [4.78, 5) is 29.1. The van der Waals surface area contributed by atoms with Crippen molar-refractivity contribution in [3.63, 3.8) is 0 Å². The highest BCUT2D eigenvalue weighted by Gasteiger charge is 2.12. The minimum absolute atomic E-state index is 0.229. The smallest absolute Gasteiger partial charge is 0.324 e. The number of carbonyl (C=O) groups is 2. The number of nitrogens with one attached hydrogen (secondary N) is 3. The van der Waals surface area contributed by atoms with Crippen LogP contribution in [-0.4, -0.2) is 23.5 Å². The second-order valence-corrected chi connectivity index (χ2v) is 6.78. The first kappa shape index (κ1) is 19.4. The fraction of sp³-hybridized carbons (Fsp3) is 0.150. The molecule has 0 aliphatic heterocycles. The van der Waals surface area contributed by atoms with Gasteiger partial charge in [0.25, 0.3) is 5.91 Å². The molecule has 0 spiro atoms. The Morgan fingerprint density at radius 2 is 1.86 bits per heavy atom. The Morgan fingerprint density at radius 3 is 2.64 bits per heavy atom. The molecule has 3 rings (SSSR count). The first-order chi connectivity index (χ1) is 13.7. The van der Waals surface area contributed by atoms with Crippen LogP contribution in [0, 0.1) is 0 Å². The number of hydrogen-bond acceptors (Lipinski definition) is 5. The number of urea groups is 1. The third-order valence-corrected chi connectivity index (χ3v) is 4.67. The quantitative estimate of drug-likeness (QED) is 0.560. The van der Waals surface area contributed by atoms with Crippen LogP contribution in [0.15, 0.2) is 60.8 Å². The van der Waals surface area contributed by atoms with Crippen molar-refractivity contribution in [1.82, 2.24) is 10.3 Å². The molecule has 0 aliphatic carbocycles. The molecule has 0 fully saturated rings. The first-order valence-corrected chi connectivity index (χ1v) is 9.55. The second kappa shape index (κ2) is 9.52. The molecule has 0 aliphatic rings. The van der Waals surface area contributed by atoms with Crippen LogP contribution in [0.3, 0.4) is 0 Å². The number of thiophene rings is 1. The van der Waals surface area contributed by atoms with Gasteiger partial charge in [0.1, 0.15) is 0 Å². The molecule has 3 N–H and O–H groups in total. The molecule has 1 aromatic carbocycles. The number of ether oxygens (including phenoxy) is 1. The molecule has 0 radical (unpaired) electrons. The summed E-state index contributed by atoms with van der Waals surface area (Å²) in [6.07, 6.45) is 1.65. The lowest BCUT2D eigenvalue weighted by Crippen LogP contribution is -2.22. The number of anilines is 2. The fourth-order valence-electron chi connectivity index (χ4n) is 2.41. The van der Waals surface area contributed by atoms with Gasteiger partial charge in [-0.15, -0.1) is 11.3 Å². The Labute approximate surface area is 166 Å². The van der Waals surface area contributed by atoms with Gasteiger partial charge in [0.2, 0.25) is 5.88 Å². The first-order valence-electron chi connectivity index (χ1n) is 8.73. The molecule has 2 aromatic heterocycles. The zero-order chi connectivity index (χ0) is 19.8. The van der Waals surface area contributed by atoms with Crippen molar-refractivity contribution in [2.24, 2.45) is 0 Å². The maximum atomic E-state index is 12.4. The van der Waals surface area contributed by atoms with Gasteiger partial charge in [-0.2, -0.15) is 0 Å². The van der Waals surface area contributed by atoms with Crippen molar-refractivity contribution < 1.29 is 14.3 Å². The van der Waals surface area contributed by atoms with E-state index < -0.39 is 0 Å². The van der Waals surface area contributed by atoms with Crippen LogP contribution >= 0.6 is 11.3 Å². The Bertz CT molecular complexity index is 943. The Balaban J connectivity index is 1.55. The lowest BCUT2D eigenvalue weighted by Gasteiger charge is -2.09. The molecule has 7 nitrogen and oxygen atoms in total. The number of benzene rings is 1. The van der Waals surface area contributed by atoms with Gasteiger partial charge in [-0.1, -0.05) is 24.3 Å². The van der Waals surface area contributed by atoms with Gasteiger partial charge in [-0.3, -0.25) is 10.1 Å². The lowest BCUT2D eigenvalue weighted by atomic mass is 10.2. The summed E-state index contributed by atoms with van der Waals surface area (Å²) in [6.45, 7) is 2.69. The van der Waals surface area contributed by atoms with Gasteiger partial charge in [0.15, 0.2) is 0 Å². The molecule has 0 saturated carbocycles. The van der Waals surface area contributed by atoms with E-state index in [9.17, 15) is 9.59 Å². The second-order valence-electron chi connectivity index (χ2n) is 5.69. The monoisotopic (exact) mass is 396 g/mol. The van der Waals surface area contributed by atoms with E-state index in [2.05, 4.69) is 20.9 Å². The highest BCUT2D eigenvalue weighted by molar-refractivity contribution is 7.18. The number of rotatable bonds is 7. The molecule has 3 amide bonds. The van der Waals surface area contributed by atoms with Gasteiger partial charge in [0.05, 0.1) is 16.5 Å². The van der Waals surface area contributed by atoms with Crippen LogP contribution in [0.2, 0.25) is 0 Å². The van der Waals surface area contributed by atoms with Crippen molar-refractivity contribution in [2.75, 3.05) is 17.2 Å². The molecular weight excluding hydrogens is 376 g/mol. The predicted molar refractivity (Wildman–Crippen MR) is 110 cm³/mol. The molecule has 0 bridgehead atoms. The summed E-state index contributed by atoms with van der Waals surface area (Å²) in [7, 11) is 0. The van der Waals surface area contributed by atoms with Gasteiger partial charge in [-0.05, 0) is 37.3 Å². The molecule has 0 unspecified atom stereocenters. The number of aromatic nitrogens is 1. The molecule has 8 heteroatoms. The Kier molecular flexibility index (Phi) is 6.59. The van der Waals surface area contributed by atoms with Crippen molar-refractivity contribution in [3.8, 4) is 5.88 Å². The van der Waals surface area contributed by atoms with Crippen LogP contribution in [0.5, 0.6) is 5.88 Å². The highest BCUT2D eigenvalue weighted by Crippen LogP contribution is 2.22. The fourth-order valence-corrected chi connectivity index (χ4v) is 3.23. The van der Waals surface area contributed by atoms with E-state index in [1.807, 2.05) is 31.2 Å². The zero-order valence-corrected chi connectivity index (χ0v) is 16.1. The Hall–Kier alpha value is -3.39. The number of para-hydroxylation sites is 1. The van der Waals surface area contributed by atoms with Gasteiger partial charge in [-0.25, -0.2) is 9.78 Å². The molecule has 3 aromatic rings. The average molecular weight is 396 g/mol. The summed E-state index contributed by atoms with van der Waals surface area (Å²) in [5.41, 5.74) is 1.49. The van der Waals surface area contributed by atoms with Gasteiger partial charge >= 0.3 is 6.03 Å². The third kappa shape index (κ3) is 5.31. The number of nitrogens with zero attached hydrogens (tertiary/aromatic N) is 1. The number of carbonyl (C=O) groups excluding carboxylic acids is 2. The summed E-state index contributed by atoms with van der Waals surface area (Å²) < 4.78 is 5.46. The van der Waals surface area contributed by atoms with Crippen molar-refractivity contribution in [2.45, 2.75) is 13.5 Å². The minimum atomic E-state index is -0.364. The van der Waals surface area contributed by atoms with Crippen LogP contribution in [0.1, 0.15) is 22.2 Å². The van der Waals surface area contributed by atoms with Crippen molar-refractivity contribution >= 4 is 34.0 Å². The molecular formula is C20H20N4O3S. The van der Waals surface area contributed by atoms with E-state index in [4.69, 9.17) is 4.74 Å². The number of amides is 3. The van der Waals surface area contributed by atoms with E-state index in [-0.39, 0.29) is 11.9 Å². The van der Waals surface area contributed by atoms with Crippen LogP contribution in [0.25, 0.3) is 0 Å². The van der Waals surface area contributed by atoms with Crippen LogP contribution in [0.4, 0.5) is 15.5 Å². The maximum absolute atomic E-state index is 12.4. The predicted octanol–water partition coefficient (Wildman–Crippen LogP) is 4.12. The van der Waals surface area contributed by atoms with E-state index in [0.717, 1.165) is 5.56 Å². The summed E-state index contributed by atoms with van der Waals surface area (Å²) in [6, 6.07) is 15.8. The molecule has 0 atom stereocenters. The largest absolute Gasteiger partial charge is 0.478 e. The van der Waals surface area contributed by atoms with E-state index in [0.29, 0.717) is 34.6 Å². The van der Waals surface area contributed by atoms with Gasteiger partial charge in [0, 0.05) is 24.0 Å². The highest BCUT2D eigenvalue weighted by atomic mass is 32.1. The molecule has 2 heterocycles.